The summed E-state index contributed by atoms with van der Waals surface area (Å²) in [7, 11) is -3.64. The minimum absolute atomic E-state index is 0.00109. The minimum Gasteiger partial charge on any atom is -0.399 e. The van der Waals surface area contributed by atoms with Crippen LogP contribution in [0.15, 0.2) is 41.8 Å². The molecule has 0 unspecified atom stereocenters. The SMILES string of the molecule is CCn1cnc(S(=O)(=O)Nc2ccc(N)cc2)c1. The number of benzene rings is 1. The molecule has 0 aliphatic heterocycles. The van der Waals surface area contributed by atoms with Crippen molar-refractivity contribution in [3.8, 4) is 0 Å². The molecule has 3 N–H and O–H groups in total. The Labute approximate surface area is 106 Å². The van der Waals surface area contributed by atoms with Crippen LogP contribution in [-0.2, 0) is 16.6 Å². The molecule has 1 heterocycles. The van der Waals surface area contributed by atoms with Gasteiger partial charge in [-0.25, -0.2) is 4.98 Å². The van der Waals surface area contributed by atoms with E-state index in [0.717, 1.165) is 0 Å². The lowest BCUT2D eigenvalue weighted by Gasteiger charge is -2.05. The van der Waals surface area contributed by atoms with Crippen molar-refractivity contribution < 1.29 is 8.42 Å². The van der Waals surface area contributed by atoms with Gasteiger partial charge in [-0.05, 0) is 31.2 Å². The number of hydrogen-bond acceptors (Lipinski definition) is 4. The van der Waals surface area contributed by atoms with E-state index in [9.17, 15) is 8.42 Å². The summed E-state index contributed by atoms with van der Waals surface area (Å²) in [5.41, 5.74) is 6.56. The molecule has 0 radical (unpaired) electrons. The first-order valence-electron chi connectivity index (χ1n) is 5.41. The molecule has 6 nitrogen and oxygen atoms in total. The topological polar surface area (TPSA) is 90.0 Å². The number of aromatic nitrogens is 2. The van der Waals surface area contributed by atoms with Gasteiger partial charge in [0.05, 0.1) is 6.33 Å². The number of sulfonamides is 1. The fourth-order valence-electron chi connectivity index (χ4n) is 1.41. The summed E-state index contributed by atoms with van der Waals surface area (Å²) in [6, 6.07) is 6.46. The smallest absolute Gasteiger partial charge is 0.280 e. The number of nitrogens with two attached hydrogens (primary N) is 1. The van der Waals surface area contributed by atoms with Crippen LogP contribution in [0.5, 0.6) is 0 Å². The zero-order valence-corrected chi connectivity index (χ0v) is 10.7. The molecule has 2 aromatic rings. The third-order valence-corrected chi connectivity index (χ3v) is 3.68. The third kappa shape index (κ3) is 2.62. The summed E-state index contributed by atoms with van der Waals surface area (Å²) < 4.78 is 28.1. The molecule has 0 fully saturated rings. The van der Waals surface area contributed by atoms with Crippen LogP contribution >= 0.6 is 0 Å². The van der Waals surface area contributed by atoms with Crippen molar-refractivity contribution in [1.29, 1.82) is 0 Å². The van der Waals surface area contributed by atoms with Crippen molar-refractivity contribution >= 4 is 21.4 Å². The largest absolute Gasteiger partial charge is 0.399 e. The summed E-state index contributed by atoms with van der Waals surface area (Å²) in [4.78, 5) is 3.86. The van der Waals surface area contributed by atoms with Gasteiger partial charge in [-0.1, -0.05) is 0 Å². The van der Waals surface area contributed by atoms with Gasteiger partial charge in [0.15, 0.2) is 5.03 Å². The van der Waals surface area contributed by atoms with Crippen molar-refractivity contribution in [2.24, 2.45) is 0 Å². The van der Waals surface area contributed by atoms with Crippen LogP contribution in [0.4, 0.5) is 11.4 Å². The Bertz CT molecular complexity index is 631. The van der Waals surface area contributed by atoms with Gasteiger partial charge < -0.3 is 10.3 Å². The highest BCUT2D eigenvalue weighted by Gasteiger charge is 2.17. The number of rotatable bonds is 4. The van der Waals surface area contributed by atoms with Crippen molar-refractivity contribution in [2.45, 2.75) is 18.5 Å². The Morgan fingerprint density at radius 1 is 1.33 bits per heavy atom. The fourth-order valence-corrected chi connectivity index (χ4v) is 2.42. The van der Waals surface area contributed by atoms with Gasteiger partial charge in [0.2, 0.25) is 0 Å². The molecule has 0 saturated carbocycles. The molecule has 96 valence electrons. The Balaban J connectivity index is 2.24. The van der Waals surface area contributed by atoms with Crippen LogP contribution in [0.3, 0.4) is 0 Å². The van der Waals surface area contributed by atoms with E-state index in [1.165, 1.54) is 12.5 Å². The summed E-state index contributed by atoms with van der Waals surface area (Å²) >= 11 is 0. The van der Waals surface area contributed by atoms with Gasteiger partial charge in [-0.2, -0.15) is 8.42 Å². The molecule has 0 spiro atoms. The molecule has 18 heavy (non-hydrogen) atoms. The summed E-state index contributed by atoms with van der Waals surface area (Å²) in [5.74, 6) is 0. The van der Waals surface area contributed by atoms with Gasteiger partial charge in [0, 0.05) is 24.1 Å². The first-order valence-corrected chi connectivity index (χ1v) is 6.90. The van der Waals surface area contributed by atoms with Gasteiger partial charge >= 0.3 is 0 Å². The maximum Gasteiger partial charge on any atom is 0.280 e. The molecule has 0 amide bonds. The second-order valence-electron chi connectivity index (χ2n) is 3.77. The average molecular weight is 266 g/mol. The molecular formula is C11H14N4O2S. The third-order valence-electron chi connectivity index (χ3n) is 2.41. The summed E-state index contributed by atoms with van der Waals surface area (Å²) in [6.45, 7) is 2.58. The molecule has 2 rings (SSSR count). The van der Waals surface area contributed by atoms with Crippen LogP contribution in [0.25, 0.3) is 0 Å². The van der Waals surface area contributed by atoms with Crippen LogP contribution in [0.1, 0.15) is 6.92 Å². The van der Waals surface area contributed by atoms with E-state index in [1.54, 1.807) is 28.8 Å². The molecule has 1 aromatic carbocycles. The minimum atomic E-state index is -3.64. The molecule has 0 bridgehead atoms. The zero-order chi connectivity index (χ0) is 13.2. The first-order chi connectivity index (χ1) is 8.51. The number of imidazole rings is 1. The molecular weight excluding hydrogens is 252 g/mol. The van der Waals surface area contributed by atoms with E-state index in [0.29, 0.717) is 17.9 Å². The van der Waals surface area contributed by atoms with Crippen LogP contribution < -0.4 is 10.5 Å². The van der Waals surface area contributed by atoms with Gasteiger partial charge in [-0.15, -0.1) is 0 Å². The second-order valence-corrected chi connectivity index (χ2v) is 5.40. The summed E-state index contributed by atoms with van der Waals surface area (Å²) in [6.07, 6.45) is 2.97. The van der Waals surface area contributed by atoms with Crippen LogP contribution in [-0.4, -0.2) is 18.0 Å². The Morgan fingerprint density at radius 3 is 2.56 bits per heavy atom. The lowest BCUT2D eigenvalue weighted by molar-refractivity contribution is 0.598. The van der Waals surface area contributed by atoms with Crippen LogP contribution in [0.2, 0.25) is 0 Å². The molecule has 0 aliphatic carbocycles. The van der Waals surface area contributed by atoms with E-state index < -0.39 is 10.0 Å². The number of anilines is 2. The van der Waals surface area contributed by atoms with Gasteiger partial charge in [0.25, 0.3) is 10.0 Å². The Morgan fingerprint density at radius 2 is 2.00 bits per heavy atom. The second kappa shape index (κ2) is 4.69. The molecule has 0 saturated heterocycles. The maximum atomic E-state index is 12.0. The van der Waals surface area contributed by atoms with E-state index in [2.05, 4.69) is 9.71 Å². The van der Waals surface area contributed by atoms with Crippen molar-refractivity contribution in [1.82, 2.24) is 9.55 Å². The highest BCUT2D eigenvalue weighted by molar-refractivity contribution is 7.92. The normalized spacial score (nSPS) is 11.4. The molecule has 0 aliphatic rings. The number of nitrogens with one attached hydrogen (secondary N) is 1. The van der Waals surface area contributed by atoms with Crippen LogP contribution in [0, 0.1) is 0 Å². The van der Waals surface area contributed by atoms with E-state index in [-0.39, 0.29) is 5.03 Å². The van der Waals surface area contributed by atoms with E-state index in [4.69, 9.17) is 5.73 Å². The highest BCUT2D eigenvalue weighted by Crippen LogP contribution is 2.15. The summed E-state index contributed by atoms with van der Waals surface area (Å²) in [5, 5.41) is 0.00109. The first kappa shape index (κ1) is 12.4. The standard InChI is InChI=1S/C11H14N4O2S/c1-2-15-7-11(13-8-15)18(16,17)14-10-5-3-9(12)4-6-10/h3-8,14H,2,12H2,1H3. The number of hydrogen-bond donors (Lipinski definition) is 2. The number of nitrogen functional groups attached to an aromatic ring is 1. The average Bonchev–Trinajstić information content (AvgIpc) is 2.81. The number of aryl methyl sites for hydroxylation is 1. The Kier molecular flexibility index (Phi) is 3.24. The Hall–Kier alpha value is -2.02. The van der Waals surface area contributed by atoms with E-state index in [1.807, 2.05) is 6.92 Å². The monoisotopic (exact) mass is 266 g/mol. The van der Waals surface area contributed by atoms with Crippen molar-refractivity contribution in [3.05, 3.63) is 36.8 Å². The highest BCUT2D eigenvalue weighted by atomic mass is 32.2. The maximum absolute atomic E-state index is 12.0. The number of nitrogens with zero attached hydrogens (tertiary/aromatic N) is 2. The molecule has 1 aromatic heterocycles. The lowest BCUT2D eigenvalue weighted by Crippen LogP contribution is -2.13. The van der Waals surface area contributed by atoms with Gasteiger partial charge in [-0.3, -0.25) is 4.72 Å². The molecule has 7 heteroatoms. The predicted octanol–water partition coefficient (Wildman–Crippen LogP) is 1.29. The zero-order valence-electron chi connectivity index (χ0n) is 9.87. The lowest BCUT2D eigenvalue weighted by atomic mass is 10.3. The van der Waals surface area contributed by atoms with Crippen molar-refractivity contribution in [2.75, 3.05) is 10.5 Å². The van der Waals surface area contributed by atoms with Gasteiger partial charge in [0.1, 0.15) is 0 Å². The van der Waals surface area contributed by atoms with Crippen molar-refractivity contribution in [3.63, 3.8) is 0 Å². The quantitative estimate of drug-likeness (QED) is 0.816. The predicted molar refractivity (Wildman–Crippen MR) is 69.6 cm³/mol. The van der Waals surface area contributed by atoms with E-state index >= 15 is 0 Å². The molecule has 0 atom stereocenters. The fraction of sp³-hybridized carbons (Fsp3) is 0.182.